The number of rotatable bonds is 5. The zero-order valence-corrected chi connectivity index (χ0v) is 14.0. The lowest BCUT2D eigenvalue weighted by Gasteiger charge is -2.37. The van der Waals surface area contributed by atoms with Crippen LogP contribution in [0.15, 0.2) is 47.4 Å². The molecule has 0 bridgehead atoms. The van der Waals surface area contributed by atoms with Crippen molar-refractivity contribution in [2.24, 2.45) is 0 Å². The predicted molar refractivity (Wildman–Crippen MR) is 93.2 cm³/mol. The largest absolute Gasteiger partial charge is 0.490 e. The van der Waals surface area contributed by atoms with Gasteiger partial charge in [0.15, 0.2) is 0 Å². The van der Waals surface area contributed by atoms with Gasteiger partial charge < -0.3 is 14.8 Å². The second-order valence-electron chi connectivity index (χ2n) is 6.58. The predicted octanol–water partition coefficient (Wildman–Crippen LogP) is 2.09. The number of likely N-dealkylation sites (tertiary alicyclic amines) is 1. The number of benzene rings is 1. The van der Waals surface area contributed by atoms with Gasteiger partial charge in [-0.25, -0.2) is 0 Å². The molecule has 0 radical (unpaired) electrons. The Labute approximate surface area is 141 Å². The first-order valence-corrected chi connectivity index (χ1v) is 8.35. The topological polar surface area (TPSA) is 65.6 Å². The summed E-state index contributed by atoms with van der Waals surface area (Å²) in [6, 6.07) is 11.5. The number of pyridine rings is 1. The van der Waals surface area contributed by atoms with Gasteiger partial charge >= 0.3 is 0 Å². The molecule has 2 heterocycles. The Morgan fingerprint density at radius 1 is 1.21 bits per heavy atom. The van der Waals surface area contributed by atoms with Gasteiger partial charge in [0.2, 0.25) is 0 Å². The maximum atomic E-state index is 11.8. The van der Waals surface area contributed by atoms with Crippen molar-refractivity contribution < 1.29 is 9.84 Å². The Hall–Kier alpha value is -2.11. The van der Waals surface area contributed by atoms with E-state index in [1.165, 1.54) is 0 Å². The van der Waals surface area contributed by atoms with E-state index in [9.17, 15) is 9.90 Å². The van der Waals surface area contributed by atoms with Crippen molar-refractivity contribution in [3.63, 3.8) is 0 Å². The smallest absolute Gasteiger partial charge is 0.252 e. The molecule has 0 aliphatic carbocycles. The minimum absolute atomic E-state index is 0.0405. The number of para-hydroxylation sites is 1. The number of nitrogens with one attached hydrogen (secondary N) is 1. The van der Waals surface area contributed by atoms with Crippen molar-refractivity contribution in [1.82, 2.24) is 9.88 Å². The molecule has 1 saturated heterocycles. The van der Waals surface area contributed by atoms with Gasteiger partial charge in [0.25, 0.3) is 5.56 Å². The van der Waals surface area contributed by atoms with E-state index < -0.39 is 5.60 Å². The summed E-state index contributed by atoms with van der Waals surface area (Å²) >= 11 is 0. The molecule has 5 nitrogen and oxygen atoms in total. The lowest BCUT2D eigenvalue weighted by atomic mass is 9.92. The molecule has 2 N–H and O–H groups in total. The molecule has 0 saturated carbocycles. The first-order valence-electron chi connectivity index (χ1n) is 8.35. The van der Waals surface area contributed by atoms with Gasteiger partial charge in [-0.2, -0.15) is 0 Å². The van der Waals surface area contributed by atoms with Gasteiger partial charge in [0, 0.05) is 31.4 Å². The van der Waals surface area contributed by atoms with Crippen molar-refractivity contribution in [1.29, 1.82) is 0 Å². The molecule has 0 amide bonds. The number of aromatic nitrogens is 1. The average molecular weight is 328 g/mol. The second-order valence-corrected chi connectivity index (χ2v) is 6.58. The zero-order valence-electron chi connectivity index (χ0n) is 14.0. The van der Waals surface area contributed by atoms with Gasteiger partial charge in [-0.15, -0.1) is 0 Å². The molecule has 128 valence electrons. The van der Waals surface area contributed by atoms with Crippen molar-refractivity contribution in [3.8, 4) is 5.75 Å². The monoisotopic (exact) mass is 328 g/mol. The third kappa shape index (κ3) is 4.04. The highest BCUT2D eigenvalue weighted by atomic mass is 16.5. The van der Waals surface area contributed by atoms with Crippen molar-refractivity contribution >= 4 is 0 Å². The van der Waals surface area contributed by atoms with Crippen LogP contribution in [0.5, 0.6) is 5.75 Å². The zero-order chi connectivity index (χ0) is 17.0. The summed E-state index contributed by atoms with van der Waals surface area (Å²) in [4.78, 5) is 16.7. The van der Waals surface area contributed by atoms with Gasteiger partial charge in [0.1, 0.15) is 18.0 Å². The Bertz CT molecular complexity index is 733. The quantitative estimate of drug-likeness (QED) is 0.882. The first kappa shape index (κ1) is 16.7. The van der Waals surface area contributed by atoms with E-state index in [0.29, 0.717) is 26.0 Å². The van der Waals surface area contributed by atoms with E-state index in [1.807, 2.05) is 43.3 Å². The number of aromatic amines is 1. The van der Waals surface area contributed by atoms with E-state index >= 15 is 0 Å². The molecule has 5 heteroatoms. The lowest BCUT2D eigenvalue weighted by Crippen LogP contribution is -2.47. The first-order chi connectivity index (χ1) is 11.6. The highest BCUT2D eigenvalue weighted by Crippen LogP contribution is 2.25. The van der Waals surface area contributed by atoms with Crippen molar-refractivity contribution in [3.05, 3.63) is 64.1 Å². The third-order valence-corrected chi connectivity index (χ3v) is 4.67. The number of hydrogen-bond acceptors (Lipinski definition) is 4. The molecule has 1 fully saturated rings. The summed E-state index contributed by atoms with van der Waals surface area (Å²) in [6.45, 7) is 4.42. The minimum Gasteiger partial charge on any atom is -0.490 e. The minimum atomic E-state index is -0.804. The van der Waals surface area contributed by atoms with E-state index in [-0.39, 0.29) is 5.56 Å². The van der Waals surface area contributed by atoms with Crippen LogP contribution in [0.3, 0.4) is 0 Å². The summed E-state index contributed by atoms with van der Waals surface area (Å²) in [5, 5.41) is 10.7. The fourth-order valence-corrected chi connectivity index (χ4v) is 3.02. The molecule has 3 rings (SSSR count). The molecule has 24 heavy (non-hydrogen) atoms. The summed E-state index contributed by atoms with van der Waals surface area (Å²) in [5.74, 6) is 0.823. The van der Waals surface area contributed by atoms with Crippen LogP contribution in [-0.4, -0.2) is 40.3 Å². The number of piperidine rings is 1. The third-order valence-electron chi connectivity index (χ3n) is 4.67. The summed E-state index contributed by atoms with van der Waals surface area (Å²) < 4.78 is 5.83. The lowest BCUT2D eigenvalue weighted by molar-refractivity contribution is -0.0538. The molecule has 1 aromatic carbocycles. The molecule has 1 aliphatic heterocycles. The summed E-state index contributed by atoms with van der Waals surface area (Å²) in [7, 11) is 0. The Morgan fingerprint density at radius 2 is 1.96 bits per heavy atom. The van der Waals surface area contributed by atoms with Gasteiger partial charge in [-0.05, 0) is 37.5 Å². The molecular weight excluding hydrogens is 304 g/mol. The fraction of sp³-hybridized carbons (Fsp3) is 0.421. The molecule has 0 spiro atoms. The average Bonchev–Trinajstić information content (AvgIpc) is 2.58. The highest BCUT2D eigenvalue weighted by molar-refractivity contribution is 5.31. The van der Waals surface area contributed by atoms with Crippen LogP contribution < -0.4 is 10.3 Å². The Kier molecular flexibility index (Phi) is 5.02. The maximum Gasteiger partial charge on any atom is 0.252 e. The van der Waals surface area contributed by atoms with Gasteiger partial charge in [0.05, 0.1) is 0 Å². The Morgan fingerprint density at radius 3 is 2.67 bits per heavy atom. The highest BCUT2D eigenvalue weighted by Gasteiger charge is 2.33. The van der Waals surface area contributed by atoms with Crippen molar-refractivity contribution in [2.45, 2.75) is 31.9 Å². The molecule has 0 unspecified atom stereocenters. The van der Waals surface area contributed by atoms with Crippen LogP contribution in [0, 0.1) is 6.92 Å². The van der Waals surface area contributed by atoms with Crippen LogP contribution in [0.25, 0.3) is 0 Å². The van der Waals surface area contributed by atoms with E-state index in [0.717, 1.165) is 30.0 Å². The van der Waals surface area contributed by atoms with Gasteiger partial charge in [-0.3, -0.25) is 9.69 Å². The van der Waals surface area contributed by atoms with Crippen LogP contribution >= 0.6 is 0 Å². The normalized spacial score (nSPS) is 17.6. The SMILES string of the molecule is Cc1ccccc1OCC1(O)CCN(Cc2ccc[nH]c2=O)CC1. The van der Waals surface area contributed by atoms with E-state index in [2.05, 4.69) is 9.88 Å². The number of aliphatic hydroxyl groups is 1. The number of nitrogens with zero attached hydrogens (tertiary/aromatic N) is 1. The van der Waals surface area contributed by atoms with Gasteiger partial charge in [-0.1, -0.05) is 24.3 Å². The molecular formula is C19H24N2O3. The maximum absolute atomic E-state index is 11.8. The fourth-order valence-electron chi connectivity index (χ4n) is 3.02. The standard InChI is InChI=1S/C19H24N2O3/c1-15-5-2-3-7-17(15)24-14-19(23)8-11-21(12-9-19)13-16-6-4-10-20-18(16)22/h2-7,10,23H,8-9,11-14H2,1H3,(H,20,22). The van der Waals surface area contributed by atoms with Crippen LogP contribution in [0.4, 0.5) is 0 Å². The number of hydrogen-bond donors (Lipinski definition) is 2. The van der Waals surface area contributed by atoms with E-state index in [4.69, 9.17) is 4.74 Å². The summed E-state index contributed by atoms with van der Waals surface area (Å²) in [5.41, 5.74) is 0.990. The molecule has 1 aromatic heterocycles. The number of aryl methyl sites for hydroxylation is 1. The summed E-state index contributed by atoms with van der Waals surface area (Å²) in [6.07, 6.45) is 2.93. The Balaban J connectivity index is 1.53. The van der Waals surface area contributed by atoms with E-state index in [1.54, 1.807) is 6.20 Å². The molecule has 2 aromatic rings. The molecule has 1 aliphatic rings. The molecule has 0 atom stereocenters. The van der Waals surface area contributed by atoms with Crippen LogP contribution in [0.1, 0.15) is 24.0 Å². The number of H-pyrrole nitrogens is 1. The van der Waals surface area contributed by atoms with Crippen LogP contribution in [-0.2, 0) is 6.54 Å². The number of ether oxygens (including phenoxy) is 1. The van der Waals surface area contributed by atoms with Crippen molar-refractivity contribution in [2.75, 3.05) is 19.7 Å². The van der Waals surface area contributed by atoms with Crippen LogP contribution in [0.2, 0.25) is 0 Å². The second kappa shape index (κ2) is 7.20.